The fourth-order valence-electron chi connectivity index (χ4n) is 2.00. The lowest BCUT2D eigenvalue weighted by molar-refractivity contribution is -0.121. The number of benzene rings is 1. The Labute approximate surface area is 136 Å². The van der Waals surface area contributed by atoms with E-state index >= 15 is 0 Å². The van der Waals surface area contributed by atoms with E-state index in [1.807, 2.05) is 0 Å². The first-order valence-electron chi connectivity index (χ1n) is 6.35. The topological polar surface area (TPSA) is 73.9 Å². The summed E-state index contributed by atoms with van der Waals surface area (Å²) in [4.78, 5) is 12.4. The number of amides is 1. The van der Waals surface area contributed by atoms with E-state index in [0.29, 0.717) is 27.6 Å². The lowest BCUT2D eigenvalue weighted by Gasteiger charge is -2.10. The SMILES string of the molecule is O=C1C(=Cc2cccc(O)c2O)C(=S)SN1Cc1ccco1. The van der Waals surface area contributed by atoms with Crippen LogP contribution in [0.1, 0.15) is 11.3 Å². The molecule has 0 radical (unpaired) electrons. The van der Waals surface area contributed by atoms with Crippen molar-refractivity contribution in [3.05, 3.63) is 53.5 Å². The van der Waals surface area contributed by atoms with Crippen LogP contribution in [0.15, 0.2) is 46.6 Å². The van der Waals surface area contributed by atoms with Gasteiger partial charge in [0.15, 0.2) is 11.5 Å². The van der Waals surface area contributed by atoms with Crippen molar-refractivity contribution < 1.29 is 19.4 Å². The summed E-state index contributed by atoms with van der Waals surface area (Å²) in [5.41, 5.74) is 0.651. The monoisotopic (exact) mass is 333 g/mol. The number of furan rings is 1. The smallest absolute Gasteiger partial charge is 0.266 e. The summed E-state index contributed by atoms with van der Waals surface area (Å²) in [5.74, 6) is -0.120. The Morgan fingerprint density at radius 2 is 2.09 bits per heavy atom. The van der Waals surface area contributed by atoms with E-state index in [2.05, 4.69) is 0 Å². The van der Waals surface area contributed by atoms with Crippen LogP contribution in [0.5, 0.6) is 11.5 Å². The summed E-state index contributed by atoms with van der Waals surface area (Å²) < 4.78 is 7.13. The second kappa shape index (κ2) is 5.86. The molecule has 0 spiro atoms. The van der Waals surface area contributed by atoms with Gasteiger partial charge < -0.3 is 14.6 Å². The number of carbonyl (C=O) groups is 1. The maximum Gasteiger partial charge on any atom is 0.266 e. The molecule has 2 aromatic rings. The zero-order valence-electron chi connectivity index (χ0n) is 11.2. The predicted octanol–water partition coefficient (Wildman–Crippen LogP) is 3.09. The summed E-state index contributed by atoms with van der Waals surface area (Å²) >= 11 is 6.38. The third-order valence-electron chi connectivity index (χ3n) is 3.10. The maximum atomic E-state index is 12.4. The van der Waals surface area contributed by atoms with Gasteiger partial charge in [-0.2, -0.15) is 0 Å². The Balaban J connectivity index is 1.88. The van der Waals surface area contributed by atoms with Crippen molar-refractivity contribution >= 4 is 40.3 Å². The molecule has 0 atom stereocenters. The van der Waals surface area contributed by atoms with Crippen molar-refractivity contribution in [2.24, 2.45) is 0 Å². The van der Waals surface area contributed by atoms with Crippen molar-refractivity contribution in [3.8, 4) is 11.5 Å². The summed E-state index contributed by atoms with van der Waals surface area (Å²) in [6, 6.07) is 8.07. The number of rotatable bonds is 3. The average Bonchev–Trinajstić information content (AvgIpc) is 3.08. The average molecular weight is 333 g/mol. The number of phenolic OH excluding ortho intramolecular Hbond substituents is 2. The standard InChI is InChI=1S/C15H11NO4S2/c17-12-5-1-3-9(13(12)18)7-11-14(19)16(22-15(11)21)8-10-4-2-6-20-10/h1-7,17-18H,8H2. The fraction of sp³-hybridized carbons (Fsp3) is 0.0667. The Bertz CT molecular complexity index is 768. The maximum absolute atomic E-state index is 12.4. The molecule has 1 fully saturated rings. The Hall–Kier alpha value is -2.25. The first kappa shape index (κ1) is 14.7. The van der Waals surface area contributed by atoms with Gasteiger partial charge in [0.1, 0.15) is 9.96 Å². The van der Waals surface area contributed by atoms with Crippen molar-refractivity contribution in [3.63, 3.8) is 0 Å². The fourth-order valence-corrected chi connectivity index (χ4v) is 3.24. The number of nitrogens with zero attached hydrogens (tertiary/aromatic N) is 1. The van der Waals surface area contributed by atoms with Crippen LogP contribution in [0.4, 0.5) is 0 Å². The van der Waals surface area contributed by atoms with Gasteiger partial charge in [-0.1, -0.05) is 24.4 Å². The molecule has 0 aliphatic carbocycles. The van der Waals surface area contributed by atoms with Crippen LogP contribution >= 0.6 is 24.2 Å². The minimum atomic E-state index is -0.278. The van der Waals surface area contributed by atoms with Gasteiger partial charge in [0.2, 0.25) is 0 Å². The molecule has 112 valence electrons. The molecule has 2 heterocycles. The summed E-state index contributed by atoms with van der Waals surface area (Å²) in [6.45, 7) is 0.306. The second-order valence-electron chi connectivity index (χ2n) is 4.57. The number of para-hydroxylation sites is 1. The number of carbonyl (C=O) groups excluding carboxylic acids is 1. The number of hydrogen-bond acceptors (Lipinski definition) is 6. The molecule has 0 unspecified atom stereocenters. The highest BCUT2D eigenvalue weighted by Crippen LogP contribution is 2.35. The first-order chi connectivity index (χ1) is 10.6. The van der Waals surface area contributed by atoms with Gasteiger partial charge in [-0.3, -0.25) is 9.10 Å². The lowest BCUT2D eigenvalue weighted by Crippen LogP contribution is -2.18. The molecule has 0 saturated carbocycles. The van der Waals surface area contributed by atoms with Gasteiger partial charge in [-0.15, -0.1) is 0 Å². The molecular weight excluding hydrogens is 322 g/mol. The van der Waals surface area contributed by atoms with Gasteiger partial charge in [0.25, 0.3) is 5.91 Å². The molecular formula is C15H11NO4S2. The van der Waals surface area contributed by atoms with Crippen molar-refractivity contribution in [1.29, 1.82) is 0 Å². The molecule has 1 aromatic heterocycles. The molecule has 1 aliphatic rings. The molecule has 2 N–H and O–H groups in total. The zero-order chi connectivity index (χ0) is 15.7. The molecule has 0 bridgehead atoms. The number of aromatic hydroxyl groups is 2. The van der Waals surface area contributed by atoms with E-state index in [9.17, 15) is 15.0 Å². The summed E-state index contributed by atoms with van der Waals surface area (Å²) in [5, 5.41) is 19.3. The van der Waals surface area contributed by atoms with E-state index in [0.717, 1.165) is 11.9 Å². The third-order valence-corrected chi connectivity index (χ3v) is 4.44. The van der Waals surface area contributed by atoms with Gasteiger partial charge >= 0.3 is 0 Å². The lowest BCUT2D eigenvalue weighted by atomic mass is 10.1. The number of hydrogen-bond donors (Lipinski definition) is 2. The summed E-state index contributed by atoms with van der Waals surface area (Å²) in [6.07, 6.45) is 3.02. The Morgan fingerprint density at radius 1 is 1.27 bits per heavy atom. The van der Waals surface area contributed by atoms with Crippen LogP contribution in [0, 0.1) is 0 Å². The summed E-state index contributed by atoms with van der Waals surface area (Å²) in [7, 11) is 0. The normalized spacial score (nSPS) is 16.7. The molecule has 1 aliphatic heterocycles. The van der Waals surface area contributed by atoms with E-state index < -0.39 is 0 Å². The predicted molar refractivity (Wildman–Crippen MR) is 87.2 cm³/mol. The van der Waals surface area contributed by atoms with Crippen LogP contribution in [0.25, 0.3) is 6.08 Å². The molecule has 1 saturated heterocycles. The van der Waals surface area contributed by atoms with Crippen LogP contribution in [0.3, 0.4) is 0 Å². The molecule has 7 heteroatoms. The minimum Gasteiger partial charge on any atom is -0.504 e. The quantitative estimate of drug-likeness (QED) is 0.389. The number of phenols is 2. The second-order valence-corrected chi connectivity index (χ2v) is 6.27. The Morgan fingerprint density at radius 3 is 2.82 bits per heavy atom. The van der Waals surface area contributed by atoms with E-state index in [4.69, 9.17) is 16.6 Å². The molecule has 5 nitrogen and oxygen atoms in total. The zero-order valence-corrected chi connectivity index (χ0v) is 12.9. The van der Waals surface area contributed by atoms with Gasteiger partial charge in [0.05, 0.1) is 18.4 Å². The third kappa shape index (κ3) is 2.72. The van der Waals surface area contributed by atoms with Crippen LogP contribution < -0.4 is 0 Å². The molecule has 1 aromatic carbocycles. The number of thiocarbonyl (C=S) groups is 1. The van der Waals surface area contributed by atoms with Gasteiger partial charge in [0, 0.05) is 17.5 Å². The van der Waals surface area contributed by atoms with E-state index in [-0.39, 0.29) is 17.4 Å². The van der Waals surface area contributed by atoms with Crippen LogP contribution in [-0.4, -0.2) is 24.6 Å². The van der Waals surface area contributed by atoms with Crippen LogP contribution in [-0.2, 0) is 11.3 Å². The van der Waals surface area contributed by atoms with E-state index in [1.54, 1.807) is 30.5 Å². The van der Waals surface area contributed by atoms with Crippen molar-refractivity contribution in [1.82, 2.24) is 4.31 Å². The highest BCUT2D eigenvalue weighted by molar-refractivity contribution is 8.23. The highest BCUT2D eigenvalue weighted by Gasteiger charge is 2.32. The first-order valence-corrected chi connectivity index (χ1v) is 7.53. The minimum absolute atomic E-state index is 0.245. The molecule has 1 amide bonds. The van der Waals surface area contributed by atoms with Crippen molar-refractivity contribution in [2.45, 2.75) is 6.54 Å². The Kier molecular flexibility index (Phi) is 3.91. The van der Waals surface area contributed by atoms with E-state index in [1.165, 1.54) is 16.4 Å². The van der Waals surface area contributed by atoms with Gasteiger partial charge in [-0.05, 0) is 24.3 Å². The largest absolute Gasteiger partial charge is 0.504 e. The molecule has 22 heavy (non-hydrogen) atoms. The van der Waals surface area contributed by atoms with Crippen molar-refractivity contribution in [2.75, 3.05) is 0 Å². The molecule has 3 rings (SSSR count). The van der Waals surface area contributed by atoms with Gasteiger partial charge in [-0.25, -0.2) is 0 Å². The highest BCUT2D eigenvalue weighted by atomic mass is 32.2. The van der Waals surface area contributed by atoms with Crippen LogP contribution in [0.2, 0.25) is 0 Å².